The lowest BCUT2D eigenvalue weighted by Crippen LogP contribution is -2.58. The molecule has 0 bridgehead atoms. The molecule has 0 saturated heterocycles. The molecule has 0 aromatic heterocycles. The quantitative estimate of drug-likeness (QED) is 0.0442. The van der Waals surface area contributed by atoms with Crippen molar-refractivity contribution in [1.29, 1.82) is 0 Å². The van der Waals surface area contributed by atoms with E-state index in [0.717, 1.165) is 11.1 Å². The summed E-state index contributed by atoms with van der Waals surface area (Å²) in [6, 6.07) is 15.8. The molecule has 0 aliphatic heterocycles. The fourth-order valence-electron chi connectivity index (χ4n) is 4.91. The molecule has 0 radical (unpaired) electrons. The average Bonchev–Trinajstić information content (AvgIpc) is 3.07. The van der Waals surface area contributed by atoms with E-state index in [1.807, 2.05) is 57.2 Å². The molecule has 0 fully saturated rings. The van der Waals surface area contributed by atoms with Crippen LogP contribution in [0.3, 0.4) is 0 Å². The number of aliphatic hydroxyl groups is 1. The second-order valence-corrected chi connectivity index (χ2v) is 12.4. The SMILES string of the molecule is CC[C@H](C)[C@H](NC(=O)[C@H](CCON=C(N)N)NC(=O)OCc1ccccc1)C(=O)N[C@@H](CC(C)C)[C@@H](O)CC(=O)NCCc1ccccc1. The van der Waals surface area contributed by atoms with Crippen LogP contribution < -0.4 is 32.7 Å². The van der Waals surface area contributed by atoms with Gasteiger partial charge in [-0.25, -0.2) is 4.79 Å². The molecule has 0 aliphatic carbocycles. The molecule has 49 heavy (non-hydrogen) atoms. The zero-order valence-electron chi connectivity index (χ0n) is 28.9. The van der Waals surface area contributed by atoms with E-state index in [4.69, 9.17) is 21.0 Å². The van der Waals surface area contributed by atoms with Gasteiger partial charge < -0.3 is 47.4 Å². The normalized spacial score (nSPS) is 13.9. The van der Waals surface area contributed by atoms with E-state index in [1.54, 1.807) is 31.2 Å². The lowest BCUT2D eigenvalue weighted by atomic mass is 9.94. The molecule has 0 spiro atoms. The van der Waals surface area contributed by atoms with Gasteiger partial charge in [0.15, 0.2) is 0 Å². The second kappa shape index (κ2) is 21.9. The summed E-state index contributed by atoms with van der Waals surface area (Å²) in [4.78, 5) is 57.6. The number of carbonyl (C=O) groups excluding carboxylic acids is 4. The summed E-state index contributed by atoms with van der Waals surface area (Å²) in [6.45, 7) is 7.81. The molecule has 4 amide bonds. The summed E-state index contributed by atoms with van der Waals surface area (Å²) < 4.78 is 5.29. The van der Waals surface area contributed by atoms with Crippen LogP contribution in [0.4, 0.5) is 4.79 Å². The number of aliphatic hydroxyl groups excluding tert-OH is 1. The number of amides is 4. The first-order valence-electron chi connectivity index (χ1n) is 16.7. The fourth-order valence-corrected chi connectivity index (χ4v) is 4.91. The predicted molar refractivity (Wildman–Crippen MR) is 186 cm³/mol. The van der Waals surface area contributed by atoms with Crippen molar-refractivity contribution in [3.05, 3.63) is 71.8 Å². The lowest BCUT2D eigenvalue weighted by Gasteiger charge is -2.30. The fraction of sp³-hybridized carbons (Fsp3) is 0.514. The van der Waals surface area contributed by atoms with Gasteiger partial charge in [0.25, 0.3) is 0 Å². The lowest BCUT2D eigenvalue weighted by molar-refractivity contribution is -0.132. The van der Waals surface area contributed by atoms with E-state index < -0.39 is 42.1 Å². The molecule has 270 valence electrons. The van der Waals surface area contributed by atoms with E-state index in [1.165, 1.54) is 0 Å². The van der Waals surface area contributed by atoms with Crippen molar-refractivity contribution < 1.29 is 33.9 Å². The van der Waals surface area contributed by atoms with Crippen molar-refractivity contribution in [3.8, 4) is 0 Å². The number of nitrogens with zero attached hydrogens (tertiary/aromatic N) is 1. The van der Waals surface area contributed by atoms with Crippen LogP contribution in [0.25, 0.3) is 0 Å². The van der Waals surface area contributed by atoms with Crippen molar-refractivity contribution in [2.75, 3.05) is 13.2 Å². The van der Waals surface area contributed by atoms with Crippen molar-refractivity contribution in [2.45, 2.75) is 90.6 Å². The molecule has 0 saturated carbocycles. The Hall–Kier alpha value is -4.85. The first-order chi connectivity index (χ1) is 23.4. The highest BCUT2D eigenvalue weighted by Crippen LogP contribution is 2.15. The molecular formula is C35H53N7O7. The molecule has 14 nitrogen and oxygen atoms in total. The zero-order valence-corrected chi connectivity index (χ0v) is 28.9. The summed E-state index contributed by atoms with van der Waals surface area (Å²) >= 11 is 0. The Bertz CT molecular complexity index is 1320. The Labute approximate surface area is 288 Å². The van der Waals surface area contributed by atoms with Crippen LogP contribution in [0.1, 0.15) is 64.5 Å². The largest absolute Gasteiger partial charge is 0.445 e. The Kier molecular flexibility index (Phi) is 18.0. The third-order valence-corrected chi connectivity index (χ3v) is 7.77. The summed E-state index contributed by atoms with van der Waals surface area (Å²) in [5.41, 5.74) is 12.4. The number of alkyl carbamates (subject to hydrolysis) is 1. The highest BCUT2D eigenvalue weighted by Gasteiger charge is 2.33. The second-order valence-electron chi connectivity index (χ2n) is 12.4. The predicted octanol–water partition coefficient (Wildman–Crippen LogP) is 2.05. The van der Waals surface area contributed by atoms with Crippen LogP contribution in [0, 0.1) is 11.8 Å². The number of carbonyl (C=O) groups is 4. The van der Waals surface area contributed by atoms with E-state index in [-0.39, 0.29) is 49.8 Å². The number of hydrogen-bond acceptors (Lipinski definition) is 8. The zero-order chi connectivity index (χ0) is 36.2. The van der Waals surface area contributed by atoms with Gasteiger partial charge >= 0.3 is 6.09 Å². The number of oxime groups is 1. The first-order valence-corrected chi connectivity index (χ1v) is 16.7. The van der Waals surface area contributed by atoms with Crippen LogP contribution in [0.15, 0.2) is 65.8 Å². The Morgan fingerprint density at radius 2 is 1.51 bits per heavy atom. The molecule has 2 aromatic carbocycles. The number of hydrogen-bond donors (Lipinski definition) is 7. The van der Waals surface area contributed by atoms with E-state index in [0.29, 0.717) is 25.8 Å². The number of nitrogens with two attached hydrogens (primary N) is 2. The number of nitrogens with one attached hydrogen (secondary N) is 4. The topological polar surface area (TPSA) is 219 Å². The molecular weight excluding hydrogens is 630 g/mol. The van der Waals surface area contributed by atoms with Gasteiger partial charge in [0.05, 0.1) is 18.6 Å². The highest BCUT2D eigenvalue weighted by molar-refractivity contribution is 5.91. The molecule has 9 N–H and O–H groups in total. The molecule has 14 heteroatoms. The number of benzene rings is 2. The van der Waals surface area contributed by atoms with E-state index in [2.05, 4.69) is 26.4 Å². The van der Waals surface area contributed by atoms with Crippen molar-refractivity contribution >= 4 is 29.8 Å². The summed E-state index contributed by atoms with van der Waals surface area (Å²) in [7, 11) is 0. The average molecular weight is 684 g/mol. The van der Waals surface area contributed by atoms with Gasteiger partial charge in [0, 0.05) is 13.0 Å². The smallest absolute Gasteiger partial charge is 0.408 e. The van der Waals surface area contributed by atoms with Crippen molar-refractivity contribution in [2.24, 2.45) is 28.5 Å². The summed E-state index contributed by atoms with van der Waals surface area (Å²) in [5.74, 6) is -2.09. The van der Waals surface area contributed by atoms with Crippen LogP contribution >= 0.6 is 0 Å². The number of guanidine groups is 1. The van der Waals surface area contributed by atoms with Gasteiger partial charge in [-0.1, -0.05) is 94.8 Å². The van der Waals surface area contributed by atoms with Crippen molar-refractivity contribution in [1.82, 2.24) is 21.3 Å². The molecule has 2 rings (SSSR count). The Morgan fingerprint density at radius 3 is 2.10 bits per heavy atom. The summed E-state index contributed by atoms with van der Waals surface area (Å²) in [6.07, 6.45) is -0.706. The van der Waals surface area contributed by atoms with Gasteiger partial charge in [-0.3, -0.25) is 14.4 Å². The highest BCUT2D eigenvalue weighted by atomic mass is 16.6. The van der Waals surface area contributed by atoms with Gasteiger partial charge in [0.1, 0.15) is 25.3 Å². The molecule has 0 aliphatic rings. The van der Waals surface area contributed by atoms with Crippen molar-refractivity contribution in [3.63, 3.8) is 0 Å². The monoisotopic (exact) mass is 683 g/mol. The number of ether oxygens (including phenoxy) is 1. The molecule has 2 aromatic rings. The maximum absolute atomic E-state index is 13.7. The molecule has 0 unspecified atom stereocenters. The van der Waals surface area contributed by atoms with Crippen LogP contribution in [0.5, 0.6) is 0 Å². The van der Waals surface area contributed by atoms with Gasteiger partial charge in [-0.15, -0.1) is 0 Å². The van der Waals surface area contributed by atoms with E-state index >= 15 is 0 Å². The number of rotatable bonds is 21. The molecule has 0 heterocycles. The third kappa shape index (κ3) is 16.2. The van der Waals surface area contributed by atoms with Crippen LogP contribution in [0.2, 0.25) is 0 Å². The summed E-state index contributed by atoms with van der Waals surface area (Å²) in [5, 5.41) is 25.5. The van der Waals surface area contributed by atoms with Crippen LogP contribution in [-0.4, -0.2) is 72.3 Å². The molecule has 5 atom stereocenters. The Morgan fingerprint density at radius 1 is 0.878 bits per heavy atom. The minimum atomic E-state index is -1.17. The maximum Gasteiger partial charge on any atom is 0.408 e. The maximum atomic E-state index is 13.7. The minimum Gasteiger partial charge on any atom is -0.445 e. The van der Waals surface area contributed by atoms with Gasteiger partial charge in [-0.05, 0) is 41.0 Å². The Balaban J connectivity index is 2.09. The van der Waals surface area contributed by atoms with Gasteiger partial charge in [-0.2, -0.15) is 0 Å². The van der Waals surface area contributed by atoms with Crippen LogP contribution in [-0.2, 0) is 37.0 Å². The van der Waals surface area contributed by atoms with Gasteiger partial charge in [0.2, 0.25) is 23.7 Å². The third-order valence-electron chi connectivity index (χ3n) is 7.77. The first kappa shape index (κ1) is 40.3. The standard InChI is InChI=1S/C35H53N7O7/c1-5-24(4)31(33(46)39-28(20-23(2)3)29(43)21-30(44)38-18-16-25-12-8-6-9-13-25)41-32(45)27(17-19-49-42-34(36)37)40-35(47)48-22-26-14-10-7-11-15-26/h6-15,23-24,27-29,31,43H,5,16-22H2,1-4H3,(H,38,44)(H,39,46)(H,40,47)(H,41,45)(H4,36,37,42)/t24-,27-,28-,29-,31-/m0/s1. The van der Waals surface area contributed by atoms with E-state index in [9.17, 15) is 24.3 Å². The minimum absolute atomic E-state index is 0.0198.